The average Bonchev–Trinajstić information content (AvgIpc) is 3.69. The van der Waals surface area contributed by atoms with Crippen molar-refractivity contribution in [1.82, 2.24) is 19.5 Å². The Labute approximate surface area is 309 Å². The molecule has 1 spiro atoms. The minimum atomic E-state index is 0.114. The van der Waals surface area contributed by atoms with Crippen LogP contribution in [0.1, 0.15) is 43.2 Å². The molecule has 0 aliphatic heterocycles. The van der Waals surface area contributed by atoms with Crippen molar-refractivity contribution in [3.05, 3.63) is 157 Å². The van der Waals surface area contributed by atoms with E-state index in [0.29, 0.717) is 17.5 Å². The van der Waals surface area contributed by atoms with E-state index in [2.05, 4.69) is 114 Å². The van der Waals surface area contributed by atoms with Gasteiger partial charge in [0, 0.05) is 38.6 Å². The largest absolute Gasteiger partial charge is 0.309 e. The molecular weight excluding hydrogens is 645 g/mol. The molecule has 2 aromatic heterocycles. The van der Waals surface area contributed by atoms with Crippen LogP contribution in [0, 0.1) is 23.7 Å². The van der Waals surface area contributed by atoms with Gasteiger partial charge in [-0.25, -0.2) is 15.0 Å². The van der Waals surface area contributed by atoms with E-state index in [1.54, 1.807) is 11.1 Å². The minimum Gasteiger partial charge on any atom is -0.309 e. The molecule has 4 fully saturated rings. The number of nitrogens with zero attached hydrogens (tertiary/aromatic N) is 4. The maximum Gasteiger partial charge on any atom is 0.164 e. The van der Waals surface area contributed by atoms with Crippen LogP contribution in [0.25, 0.3) is 72.8 Å². The normalized spacial score (nSPS) is 23.5. The van der Waals surface area contributed by atoms with E-state index in [0.717, 1.165) is 46.0 Å². The maximum atomic E-state index is 5.08. The van der Waals surface area contributed by atoms with Crippen molar-refractivity contribution in [2.75, 3.05) is 0 Å². The Morgan fingerprint density at radius 2 is 1.02 bits per heavy atom. The van der Waals surface area contributed by atoms with Gasteiger partial charge < -0.3 is 4.57 Å². The van der Waals surface area contributed by atoms with Gasteiger partial charge in [-0.15, -0.1) is 0 Å². The Hall–Kier alpha value is -5.87. The molecule has 0 amide bonds. The van der Waals surface area contributed by atoms with Crippen LogP contribution in [-0.4, -0.2) is 19.5 Å². The summed E-state index contributed by atoms with van der Waals surface area (Å²) in [6.45, 7) is 0. The van der Waals surface area contributed by atoms with Crippen molar-refractivity contribution in [2.45, 2.75) is 37.5 Å². The lowest BCUT2D eigenvalue weighted by Crippen LogP contribution is -2.55. The van der Waals surface area contributed by atoms with Gasteiger partial charge in [-0.1, -0.05) is 115 Å². The van der Waals surface area contributed by atoms with Crippen molar-refractivity contribution in [2.24, 2.45) is 23.7 Å². The summed E-state index contributed by atoms with van der Waals surface area (Å²) in [4.78, 5) is 15.1. The lowest BCUT2D eigenvalue weighted by Gasteiger charge is -2.61. The van der Waals surface area contributed by atoms with E-state index >= 15 is 0 Å². The van der Waals surface area contributed by atoms with Gasteiger partial charge in [0.05, 0.1) is 11.0 Å². The van der Waals surface area contributed by atoms with E-state index in [1.807, 2.05) is 36.4 Å². The van der Waals surface area contributed by atoms with Crippen LogP contribution in [0.2, 0.25) is 0 Å². The van der Waals surface area contributed by atoms with Crippen molar-refractivity contribution in [3.8, 4) is 51.0 Å². The molecule has 5 aliphatic rings. The van der Waals surface area contributed by atoms with Crippen molar-refractivity contribution in [3.63, 3.8) is 0 Å². The average molecular weight is 683 g/mol. The van der Waals surface area contributed by atoms with Crippen LogP contribution in [0.4, 0.5) is 0 Å². The van der Waals surface area contributed by atoms with Crippen LogP contribution in [0.15, 0.2) is 146 Å². The Bertz CT molecular complexity index is 2660. The molecule has 254 valence electrons. The molecule has 4 bridgehead atoms. The van der Waals surface area contributed by atoms with Crippen molar-refractivity contribution >= 4 is 21.8 Å². The van der Waals surface area contributed by atoms with E-state index < -0.39 is 0 Å². The Balaban J connectivity index is 1.08. The van der Waals surface area contributed by atoms with Crippen LogP contribution in [0.5, 0.6) is 0 Å². The highest BCUT2D eigenvalue weighted by Gasteiger charge is 2.61. The molecule has 0 N–H and O–H groups in total. The first-order chi connectivity index (χ1) is 26.2. The second-order valence-electron chi connectivity index (χ2n) is 16.1. The zero-order valence-corrected chi connectivity index (χ0v) is 29.5. The number of hydrogen-bond acceptors (Lipinski definition) is 3. The zero-order chi connectivity index (χ0) is 34.7. The van der Waals surface area contributed by atoms with Gasteiger partial charge in [-0.3, -0.25) is 0 Å². The number of para-hydroxylation sites is 1. The highest BCUT2D eigenvalue weighted by atomic mass is 15.0. The summed E-state index contributed by atoms with van der Waals surface area (Å²) in [5.41, 5.74) is 12.8. The van der Waals surface area contributed by atoms with Crippen LogP contribution >= 0.6 is 0 Å². The number of aromatic nitrogens is 4. The molecule has 0 saturated heterocycles. The first-order valence-corrected chi connectivity index (χ1v) is 19.4. The third-order valence-corrected chi connectivity index (χ3v) is 13.4. The SMILES string of the molecule is c1ccc(-c2nc(-c3ccccc3)nc(-c3cccc(-n4c5ccccc5c5cc6c(cc54)C4(c5ccccc5-6)C5CC6CC(C5)CC4C6)c3)n2)cc1. The molecule has 0 radical (unpaired) electrons. The van der Waals surface area contributed by atoms with Gasteiger partial charge in [0.15, 0.2) is 17.5 Å². The standard InChI is InChI=1S/C49H38N4/c1-3-12-32(13-4-1)46-50-47(33-14-5-2-6-15-33)52-48(51-46)34-16-11-17-37(27-34)53-44-21-10-8-19-39(44)41-28-40-38-18-7-9-20-42(38)49(43(40)29-45(41)53)35-23-30-22-31(25-35)26-36(49)24-30/h1-21,27-31,35-36H,22-26H2. The highest BCUT2D eigenvalue weighted by molar-refractivity contribution is 6.11. The Morgan fingerprint density at radius 3 is 1.72 bits per heavy atom. The van der Waals surface area contributed by atoms with E-state index in [9.17, 15) is 0 Å². The minimum absolute atomic E-state index is 0.114. The molecular formula is C49H38N4. The summed E-state index contributed by atoms with van der Waals surface area (Å²) in [5, 5.41) is 2.61. The molecule has 4 saturated carbocycles. The lowest BCUT2D eigenvalue weighted by molar-refractivity contribution is -0.0399. The molecule has 8 aromatic rings. The third kappa shape index (κ3) is 4.21. The lowest BCUT2D eigenvalue weighted by atomic mass is 9.43. The van der Waals surface area contributed by atoms with Crippen LogP contribution < -0.4 is 0 Å². The first kappa shape index (κ1) is 29.7. The van der Waals surface area contributed by atoms with Gasteiger partial charge in [0.2, 0.25) is 0 Å². The second-order valence-corrected chi connectivity index (χ2v) is 16.1. The quantitative estimate of drug-likeness (QED) is 0.186. The van der Waals surface area contributed by atoms with Gasteiger partial charge in [-0.05, 0) is 108 Å². The van der Waals surface area contributed by atoms with Crippen molar-refractivity contribution < 1.29 is 0 Å². The number of rotatable bonds is 4. The predicted octanol–water partition coefficient (Wildman–Crippen LogP) is 11.7. The molecule has 6 aromatic carbocycles. The number of hydrogen-bond donors (Lipinski definition) is 0. The third-order valence-electron chi connectivity index (χ3n) is 13.4. The van der Waals surface area contributed by atoms with Gasteiger partial charge in [0.1, 0.15) is 0 Å². The molecule has 13 rings (SSSR count). The topological polar surface area (TPSA) is 43.6 Å². The molecule has 53 heavy (non-hydrogen) atoms. The van der Waals surface area contributed by atoms with E-state index in [1.165, 1.54) is 65.0 Å². The summed E-state index contributed by atoms with van der Waals surface area (Å²) in [7, 11) is 0. The maximum absolute atomic E-state index is 5.08. The van der Waals surface area contributed by atoms with Crippen LogP contribution in [-0.2, 0) is 5.41 Å². The number of fused-ring (bicyclic) bond motifs is 6. The fourth-order valence-electron chi connectivity index (χ4n) is 11.6. The number of benzene rings is 6. The van der Waals surface area contributed by atoms with Gasteiger partial charge in [0.25, 0.3) is 0 Å². The predicted molar refractivity (Wildman–Crippen MR) is 214 cm³/mol. The molecule has 4 heteroatoms. The molecule has 5 aliphatic carbocycles. The molecule has 4 nitrogen and oxygen atoms in total. The monoisotopic (exact) mass is 682 g/mol. The van der Waals surface area contributed by atoms with Gasteiger partial charge in [-0.2, -0.15) is 0 Å². The molecule has 0 atom stereocenters. The highest BCUT2D eigenvalue weighted by Crippen LogP contribution is 2.69. The fourth-order valence-corrected chi connectivity index (χ4v) is 11.6. The van der Waals surface area contributed by atoms with E-state index in [-0.39, 0.29) is 5.41 Å². The van der Waals surface area contributed by atoms with Crippen LogP contribution in [0.3, 0.4) is 0 Å². The summed E-state index contributed by atoms with van der Waals surface area (Å²) in [6.07, 6.45) is 6.98. The summed E-state index contributed by atoms with van der Waals surface area (Å²) in [6, 6.07) is 52.8. The fraction of sp³-hybridized carbons (Fsp3) is 0.204. The molecule has 2 heterocycles. The van der Waals surface area contributed by atoms with Gasteiger partial charge >= 0.3 is 0 Å². The van der Waals surface area contributed by atoms with E-state index in [4.69, 9.17) is 15.0 Å². The first-order valence-electron chi connectivity index (χ1n) is 19.4. The summed E-state index contributed by atoms with van der Waals surface area (Å²) in [5.74, 6) is 5.29. The molecule has 0 unspecified atom stereocenters. The second kappa shape index (κ2) is 11.1. The summed E-state index contributed by atoms with van der Waals surface area (Å²) < 4.78 is 2.50. The zero-order valence-electron chi connectivity index (χ0n) is 29.5. The summed E-state index contributed by atoms with van der Waals surface area (Å²) >= 11 is 0. The Kier molecular flexibility index (Phi) is 6.20. The Morgan fingerprint density at radius 1 is 0.434 bits per heavy atom. The van der Waals surface area contributed by atoms with Crippen molar-refractivity contribution in [1.29, 1.82) is 0 Å². The smallest absolute Gasteiger partial charge is 0.164 e.